The lowest BCUT2D eigenvalue weighted by molar-refractivity contribution is -0.117. The Hall–Kier alpha value is -4.03. The Kier molecular flexibility index (Phi) is 6.53. The average Bonchev–Trinajstić information content (AvgIpc) is 3.48. The number of carbonyl (C=O) groups excluding carboxylic acids is 1. The van der Waals surface area contributed by atoms with Crippen molar-refractivity contribution in [1.29, 1.82) is 0 Å². The van der Waals surface area contributed by atoms with E-state index in [0.29, 0.717) is 41.7 Å². The number of ether oxygens (including phenoxy) is 1. The monoisotopic (exact) mass is 500 g/mol. The first-order chi connectivity index (χ1) is 17.4. The lowest BCUT2D eigenvalue weighted by Crippen LogP contribution is -2.24. The number of aromatic nitrogens is 1. The summed E-state index contributed by atoms with van der Waals surface area (Å²) in [6.07, 6.45) is 1.22. The molecule has 0 aliphatic carbocycles. The quantitative estimate of drug-likeness (QED) is 0.314. The number of nitrogens with zero attached hydrogens (tertiary/aromatic N) is 2. The van der Waals surface area contributed by atoms with Crippen molar-refractivity contribution < 1.29 is 19.4 Å². The molecule has 182 valence electrons. The maximum absolute atomic E-state index is 12.4. The number of hydrogen-bond donors (Lipinski definition) is 1. The van der Waals surface area contributed by atoms with Crippen LogP contribution in [-0.4, -0.2) is 28.1 Å². The minimum absolute atomic E-state index is 0.000574. The summed E-state index contributed by atoms with van der Waals surface area (Å²) in [5.74, 6) is -0.392. The van der Waals surface area contributed by atoms with E-state index in [2.05, 4.69) is 0 Å². The Morgan fingerprint density at radius 2 is 1.78 bits per heavy atom. The molecule has 1 fully saturated rings. The summed E-state index contributed by atoms with van der Waals surface area (Å²) in [6.45, 7) is 2.92. The van der Waals surface area contributed by atoms with Gasteiger partial charge < -0.3 is 19.3 Å². The van der Waals surface area contributed by atoms with E-state index in [9.17, 15) is 14.7 Å². The summed E-state index contributed by atoms with van der Waals surface area (Å²) in [6, 6.07) is 24.3. The van der Waals surface area contributed by atoms with E-state index in [1.54, 1.807) is 23.1 Å². The minimum atomic E-state index is -1.05. The van der Waals surface area contributed by atoms with Crippen molar-refractivity contribution in [3.05, 3.63) is 101 Å². The predicted molar refractivity (Wildman–Crippen MR) is 140 cm³/mol. The molecule has 0 saturated carbocycles. The average molecular weight is 501 g/mol. The van der Waals surface area contributed by atoms with Gasteiger partial charge in [0.25, 0.3) is 0 Å². The fourth-order valence-corrected chi connectivity index (χ4v) is 4.75. The Morgan fingerprint density at radius 3 is 2.50 bits per heavy atom. The SMILES string of the molecule is Cc1ccc(-c2cc(Cl)ccc2OCc2ccccc2)n1-c1cc(C(=O)O)cc(N2CCCC2=O)c1. The van der Waals surface area contributed by atoms with Crippen LogP contribution in [0.3, 0.4) is 0 Å². The molecule has 1 aromatic heterocycles. The largest absolute Gasteiger partial charge is 0.488 e. The normalized spacial score (nSPS) is 13.3. The molecule has 1 aliphatic rings. The van der Waals surface area contributed by atoms with Gasteiger partial charge in [-0.05, 0) is 67.4 Å². The van der Waals surface area contributed by atoms with Gasteiger partial charge in [-0.15, -0.1) is 0 Å². The molecule has 1 amide bonds. The van der Waals surface area contributed by atoms with Gasteiger partial charge in [-0.2, -0.15) is 0 Å². The van der Waals surface area contributed by atoms with Crippen molar-refractivity contribution in [2.24, 2.45) is 0 Å². The molecule has 1 N–H and O–H groups in total. The number of anilines is 1. The van der Waals surface area contributed by atoms with Crippen LogP contribution in [0.15, 0.2) is 78.9 Å². The molecule has 4 aromatic rings. The molecule has 0 atom stereocenters. The van der Waals surface area contributed by atoms with E-state index < -0.39 is 5.97 Å². The van der Waals surface area contributed by atoms with Crippen LogP contribution < -0.4 is 9.64 Å². The zero-order valence-corrected chi connectivity index (χ0v) is 20.5. The van der Waals surface area contributed by atoms with Crippen LogP contribution in [0.2, 0.25) is 5.02 Å². The van der Waals surface area contributed by atoms with E-state index >= 15 is 0 Å². The molecule has 7 heteroatoms. The number of aryl methyl sites for hydroxylation is 1. The molecule has 36 heavy (non-hydrogen) atoms. The Labute approximate surface area is 214 Å². The van der Waals surface area contributed by atoms with Gasteiger partial charge in [0.15, 0.2) is 0 Å². The summed E-state index contributed by atoms with van der Waals surface area (Å²) in [4.78, 5) is 26.1. The third kappa shape index (κ3) is 4.72. The molecule has 0 spiro atoms. The lowest BCUT2D eigenvalue weighted by atomic mass is 10.1. The molecule has 0 unspecified atom stereocenters. The summed E-state index contributed by atoms with van der Waals surface area (Å²) >= 11 is 6.40. The van der Waals surface area contributed by atoms with Crippen molar-refractivity contribution in [2.75, 3.05) is 11.4 Å². The van der Waals surface area contributed by atoms with Crippen LogP contribution in [0.4, 0.5) is 5.69 Å². The lowest BCUT2D eigenvalue weighted by Gasteiger charge is -2.20. The maximum Gasteiger partial charge on any atom is 0.335 e. The van der Waals surface area contributed by atoms with Gasteiger partial charge in [0.2, 0.25) is 5.91 Å². The van der Waals surface area contributed by atoms with Gasteiger partial charge in [0, 0.05) is 40.6 Å². The van der Waals surface area contributed by atoms with E-state index in [1.807, 2.05) is 72.2 Å². The van der Waals surface area contributed by atoms with Crippen molar-refractivity contribution in [3.63, 3.8) is 0 Å². The summed E-state index contributed by atoms with van der Waals surface area (Å²) in [7, 11) is 0. The van der Waals surface area contributed by atoms with Crippen LogP contribution in [0.1, 0.15) is 34.5 Å². The first-order valence-electron chi connectivity index (χ1n) is 11.7. The third-order valence-electron chi connectivity index (χ3n) is 6.32. The number of hydrogen-bond acceptors (Lipinski definition) is 3. The smallest absolute Gasteiger partial charge is 0.335 e. The highest BCUT2D eigenvalue weighted by atomic mass is 35.5. The maximum atomic E-state index is 12.4. The van der Waals surface area contributed by atoms with Gasteiger partial charge in [0.1, 0.15) is 12.4 Å². The molecule has 0 bridgehead atoms. The zero-order chi connectivity index (χ0) is 25.2. The Morgan fingerprint density at radius 1 is 1.00 bits per heavy atom. The second-order valence-corrected chi connectivity index (χ2v) is 9.24. The molecular formula is C29H25ClN2O4. The molecule has 1 saturated heterocycles. The van der Waals surface area contributed by atoms with E-state index in [1.165, 1.54) is 0 Å². The third-order valence-corrected chi connectivity index (χ3v) is 6.56. The molecule has 5 rings (SSSR count). The standard InChI is InChI=1S/C29H25ClN2O4/c1-19-9-11-26(25-16-22(30)10-12-27(25)36-18-20-6-3-2-4-7-20)32(19)24-15-21(29(34)35)14-23(17-24)31-13-5-8-28(31)33/h2-4,6-7,9-12,14-17H,5,8,13,18H2,1H3,(H,34,35). The van der Waals surface area contributed by atoms with Crippen molar-refractivity contribution in [2.45, 2.75) is 26.4 Å². The molecule has 1 aliphatic heterocycles. The summed E-state index contributed by atoms with van der Waals surface area (Å²) in [5, 5.41) is 10.4. The van der Waals surface area contributed by atoms with E-state index in [0.717, 1.165) is 28.9 Å². The highest BCUT2D eigenvalue weighted by Gasteiger charge is 2.24. The number of carboxylic acids is 1. The number of halogens is 1. The van der Waals surface area contributed by atoms with Crippen LogP contribution in [0.25, 0.3) is 16.9 Å². The second kappa shape index (κ2) is 9.91. The number of carbonyl (C=O) groups is 2. The first-order valence-corrected chi connectivity index (χ1v) is 12.1. The second-order valence-electron chi connectivity index (χ2n) is 8.80. The molecule has 6 nitrogen and oxygen atoms in total. The van der Waals surface area contributed by atoms with Crippen LogP contribution in [0, 0.1) is 6.92 Å². The highest BCUT2D eigenvalue weighted by molar-refractivity contribution is 6.31. The summed E-state index contributed by atoms with van der Waals surface area (Å²) in [5.41, 5.74) is 4.88. The number of aromatic carboxylic acids is 1. The molecular weight excluding hydrogens is 476 g/mol. The predicted octanol–water partition coefficient (Wildman–Crippen LogP) is 6.51. The fraction of sp³-hybridized carbons (Fsp3) is 0.172. The first kappa shape index (κ1) is 23.7. The molecule has 3 aromatic carbocycles. The molecule has 2 heterocycles. The minimum Gasteiger partial charge on any atom is -0.488 e. The van der Waals surface area contributed by atoms with Crippen LogP contribution >= 0.6 is 11.6 Å². The zero-order valence-electron chi connectivity index (χ0n) is 19.8. The Balaban J connectivity index is 1.60. The summed E-state index contributed by atoms with van der Waals surface area (Å²) < 4.78 is 8.16. The van der Waals surface area contributed by atoms with Crippen LogP contribution in [-0.2, 0) is 11.4 Å². The topological polar surface area (TPSA) is 71.8 Å². The van der Waals surface area contributed by atoms with Gasteiger partial charge in [-0.3, -0.25) is 4.79 Å². The van der Waals surface area contributed by atoms with Gasteiger partial charge in [-0.25, -0.2) is 4.79 Å². The van der Waals surface area contributed by atoms with Crippen LogP contribution in [0.5, 0.6) is 5.75 Å². The number of benzene rings is 3. The fourth-order valence-electron chi connectivity index (χ4n) is 4.58. The van der Waals surface area contributed by atoms with Crippen molar-refractivity contribution in [3.8, 4) is 22.7 Å². The Bertz CT molecular complexity index is 1450. The molecule has 0 radical (unpaired) electrons. The van der Waals surface area contributed by atoms with Crippen molar-refractivity contribution >= 4 is 29.2 Å². The number of carboxylic acid groups (broad SMARTS) is 1. The van der Waals surface area contributed by atoms with Gasteiger partial charge in [0.05, 0.1) is 11.3 Å². The number of rotatable bonds is 7. The highest BCUT2D eigenvalue weighted by Crippen LogP contribution is 2.37. The number of amides is 1. The van der Waals surface area contributed by atoms with Gasteiger partial charge >= 0.3 is 5.97 Å². The van der Waals surface area contributed by atoms with E-state index in [4.69, 9.17) is 16.3 Å². The van der Waals surface area contributed by atoms with Crippen molar-refractivity contribution in [1.82, 2.24) is 4.57 Å². The van der Waals surface area contributed by atoms with Gasteiger partial charge in [-0.1, -0.05) is 41.9 Å². The van der Waals surface area contributed by atoms with E-state index in [-0.39, 0.29) is 11.5 Å².